The molecule has 1 amide bonds. The van der Waals surface area contributed by atoms with Gasteiger partial charge in [-0.15, -0.1) is 11.3 Å². The van der Waals surface area contributed by atoms with Crippen LogP contribution in [0.4, 0.5) is 0 Å². The van der Waals surface area contributed by atoms with Gasteiger partial charge >= 0.3 is 0 Å². The van der Waals surface area contributed by atoms with Crippen LogP contribution in [0.5, 0.6) is 0 Å². The van der Waals surface area contributed by atoms with E-state index in [4.69, 9.17) is 4.74 Å². The first kappa shape index (κ1) is 19.5. The van der Waals surface area contributed by atoms with E-state index in [0.29, 0.717) is 11.7 Å². The summed E-state index contributed by atoms with van der Waals surface area (Å²) in [5.74, 6) is 0.0813. The molecule has 0 aliphatic carbocycles. The lowest BCUT2D eigenvalue weighted by Gasteiger charge is -2.39. The summed E-state index contributed by atoms with van der Waals surface area (Å²) < 4.78 is 5.52. The largest absolute Gasteiger partial charge is 0.383 e. The zero-order chi connectivity index (χ0) is 19.6. The molecule has 1 spiro atoms. The fourth-order valence-electron chi connectivity index (χ4n) is 4.69. The van der Waals surface area contributed by atoms with Crippen LogP contribution in [-0.2, 0) is 11.3 Å². The van der Waals surface area contributed by atoms with Gasteiger partial charge in [0.25, 0.3) is 5.91 Å². The highest BCUT2D eigenvalue weighted by molar-refractivity contribution is 7.09. The molecule has 2 saturated heterocycles. The molecule has 0 bridgehead atoms. The van der Waals surface area contributed by atoms with Gasteiger partial charge in [-0.1, -0.05) is 6.07 Å². The van der Waals surface area contributed by atoms with Crippen LogP contribution in [0.2, 0.25) is 0 Å². The van der Waals surface area contributed by atoms with Crippen LogP contribution in [0.3, 0.4) is 0 Å². The smallest absolute Gasteiger partial charge is 0.273 e. The summed E-state index contributed by atoms with van der Waals surface area (Å²) >= 11 is 1.54. The standard InChI is InChI=1S/C21H28N4O2S/c1-16-23-19(14-28-16)20(26)24-8-5-21(6-9-24)10-18(13-27-2)25(15-21)12-17-4-3-7-22-11-17/h3-4,7,11,14,18H,5-6,8-10,12-13,15H2,1-2H3. The highest BCUT2D eigenvalue weighted by atomic mass is 32.1. The number of rotatable bonds is 5. The Morgan fingerprint density at radius 2 is 2.21 bits per heavy atom. The maximum absolute atomic E-state index is 12.7. The molecule has 28 heavy (non-hydrogen) atoms. The third kappa shape index (κ3) is 4.11. The molecule has 2 aliphatic heterocycles. The zero-order valence-corrected chi connectivity index (χ0v) is 17.5. The van der Waals surface area contributed by atoms with E-state index < -0.39 is 0 Å². The van der Waals surface area contributed by atoms with Crippen LogP contribution in [0.15, 0.2) is 29.9 Å². The lowest BCUT2D eigenvalue weighted by atomic mass is 9.76. The van der Waals surface area contributed by atoms with Crippen molar-refractivity contribution in [1.82, 2.24) is 19.8 Å². The number of carbonyl (C=O) groups excluding carboxylic acids is 1. The minimum Gasteiger partial charge on any atom is -0.383 e. The first-order valence-electron chi connectivity index (χ1n) is 9.92. The summed E-state index contributed by atoms with van der Waals surface area (Å²) in [7, 11) is 1.78. The van der Waals surface area contributed by atoms with E-state index in [-0.39, 0.29) is 11.3 Å². The van der Waals surface area contributed by atoms with Crippen molar-refractivity contribution in [2.45, 2.75) is 38.8 Å². The molecule has 4 rings (SSSR count). The summed E-state index contributed by atoms with van der Waals surface area (Å²) in [6.45, 7) is 6.30. The van der Waals surface area contributed by atoms with Gasteiger partial charge in [-0.2, -0.15) is 0 Å². The number of carbonyl (C=O) groups is 1. The topological polar surface area (TPSA) is 58.6 Å². The maximum Gasteiger partial charge on any atom is 0.273 e. The van der Waals surface area contributed by atoms with E-state index in [9.17, 15) is 4.79 Å². The van der Waals surface area contributed by atoms with Crippen LogP contribution < -0.4 is 0 Å². The molecule has 4 heterocycles. The highest BCUT2D eigenvalue weighted by Gasteiger charge is 2.46. The van der Waals surface area contributed by atoms with Gasteiger partial charge in [-0.05, 0) is 43.2 Å². The second-order valence-electron chi connectivity index (χ2n) is 8.12. The molecule has 7 heteroatoms. The molecule has 0 radical (unpaired) electrons. The number of hydrogen-bond donors (Lipinski definition) is 0. The van der Waals surface area contributed by atoms with E-state index >= 15 is 0 Å². The Labute approximate surface area is 170 Å². The Kier molecular flexibility index (Phi) is 5.75. The van der Waals surface area contributed by atoms with E-state index in [1.165, 1.54) is 16.9 Å². The Balaban J connectivity index is 1.40. The van der Waals surface area contributed by atoms with Gasteiger partial charge in [0.2, 0.25) is 0 Å². The molecule has 150 valence electrons. The van der Waals surface area contributed by atoms with Gasteiger partial charge in [0.1, 0.15) is 5.69 Å². The van der Waals surface area contributed by atoms with Crippen LogP contribution in [0.25, 0.3) is 0 Å². The number of amides is 1. The average Bonchev–Trinajstić information content (AvgIpc) is 3.27. The normalized spacial score (nSPS) is 22.1. The second kappa shape index (κ2) is 8.27. The van der Waals surface area contributed by atoms with Gasteiger partial charge in [0.05, 0.1) is 11.6 Å². The maximum atomic E-state index is 12.7. The molecule has 0 aromatic carbocycles. The number of methoxy groups -OCH3 is 1. The molecule has 0 N–H and O–H groups in total. The van der Waals surface area contributed by atoms with Crippen LogP contribution in [0, 0.1) is 12.3 Å². The number of nitrogens with zero attached hydrogens (tertiary/aromatic N) is 4. The molecular formula is C21H28N4O2S. The summed E-state index contributed by atoms with van der Waals surface area (Å²) in [4.78, 5) is 25.9. The summed E-state index contributed by atoms with van der Waals surface area (Å²) in [6, 6.07) is 4.56. The number of pyridine rings is 1. The van der Waals surface area contributed by atoms with Crippen molar-refractivity contribution in [3.63, 3.8) is 0 Å². The van der Waals surface area contributed by atoms with Crippen molar-refractivity contribution in [1.29, 1.82) is 0 Å². The fraction of sp³-hybridized carbons (Fsp3) is 0.571. The highest BCUT2D eigenvalue weighted by Crippen LogP contribution is 2.44. The third-order valence-electron chi connectivity index (χ3n) is 6.14. The first-order valence-corrected chi connectivity index (χ1v) is 10.8. The predicted octanol–water partition coefficient (Wildman–Crippen LogP) is 2.99. The summed E-state index contributed by atoms with van der Waals surface area (Å²) in [5.41, 5.74) is 2.12. The van der Waals surface area contributed by atoms with E-state index in [1.807, 2.05) is 35.7 Å². The van der Waals surface area contributed by atoms with Gasteiger partial charge in [-0.3, -0.25) is 14.7 Å². The quantitative estimate of drug-likeness (QED) is 0.772. The third-order valence-corrected chi connectivity index (χ3v) is 6.91. The van der Waals surface area contributed by atoms with Crippen LogP contribution in [-0.4, -0.2) is 65.1 Å². The molecular weight excluding hydrogens is 372 g/mol. The lowest BCUT2D eigenvalue weighted by molar-refractivity contribution is 0.0582. The van der Waals surface area contributed by atoms with Gasteiger partial charge < -0.3 is 9.64 Å². The molecule has 2 aromatic rings. The number of likely N-dealkylation sites (tertiary alicyclic amines) is 2. The number of aromatic nitrogens is 2. The molecule has 2 aliphatic rings. The SMILES string of the molecule is COCC1CC2(CCN(C(=O)c3csc(C)n3)CC2)CN1Cc1cccnc1. The zero-order valence-electron chi connectivity index (χ0n) is 16.6. The number of aryl methyl sites for hydroxylation is 1. The van der Waals surface area contributed by atoms with Crippen molar-refractivity contribution >= 4 is 17.2 Å². The van der Waals surface area contributed by atoms with Gasteiger partial charge in [-0.25, -0.2) is 4.98 Å². The second-order valence-corrected chi connectivity index (χ2v) is 9.19. The fourth-order valence-corrected chi connectivity index (χ4v) is 5.28. The summed E-state index contributed by atoms with van der Waals surface area (Å²) in [5, 5.41) is 2.82. The van der Waals surface area contributed by atoms with Crippen molar-refractivity contribution in [3.8, 4) is 0 Å². The Morgan fingerprint density at radius 1 is 1.39 bits per heavy atom. The van der Waals surface area contributed by atoms with E-state index in [1.54, 1.807) is 7.11 Å². The van der Waals surface area contributed by atoms with E-state index in [0.717, 1.165) is 57.1 Å². The minimum absolute atomic E-state index is 0.0813. The van der Waals surface area contributed by atoms with E-state index in [2.05, 4.69) is 20.9 Å². The average molecular weight is 401 g/mol. The van der Waals surface area contributed by atoms with Crippen LogP contribution >= 0.6 is 11.3 Å². The van der Waals surface area contributed by atoms with Gasteiger partial charge in [0, 0.05) is 57.1 Å². The monoisotopic (exact) mass is 400 g/mol. The molecule has 2 fully saturated rings. The van der Waals surface area contributed by atoms with Crippen molar-refractivity contribution in [2.75, 3.05) is 33.4 Å². The summed E-state index contributed by atoms with van der Waals surface area (Å²) in [6.07, 6.45) is 7.00. The molecule has 0 saturated carbocycles. The molecule has 1 unspecified atom stereocenters. The predicted molar refractivity (Wildman–Crippen MR) is 109 cm³/mol. The Bertz CT molecular complexity index is 802. The van der Waals surface area contributed by atoms with Crippen molar-refractivity contribution in [3.05, 3.63) is 46.2 Å². The number of hydrogen-bond acceptors (Lipinski definition) is 6. The van der Waals surface area contributed by atoms with Gasteiger partial charge in [0.15, 0.2) is 0 Å². The Hall–Kier alpha value is -1.83. The number of piperidine rings is 1. The Morgan fingerprint density at radius 3 is 2.86 bits per heavy atom. The van der Waals surface area contributed by atoms with Crippen LogP contribution in [0.1, 0.15) is 40.3 Å². The van der Waals surface area contributed by atoms with Crippen molar-refractivity contribution in [2.24, 2.45) is 5.41 Å². The number of ether oxygens (including phenoxy) is 1. The number of thiazole rings is 1. The van der Waals surface area contributed by atoms with Crippen molar-refractivity contribution < 1.29 is 9.53 Å². The first-order chi connectivity index (χ1) is 13.6. The lowest BCUT2D eigenvalue weighted by Crippen LogP contribution is -2.44. The molecule has 2 aromatic heterocycles. The molecule has 1 atom stereocenters. The minimum atomic E-state index is 0.0813. The molecule has 6 nitrogen and oxygen atoms in total.